The van der Waals surface area contributed by atoms with E-state index in [4.69, 9.17) is 10.2 Å². The van der Waals surface area contributed by atoms with E-state index in [9.17, 15) is 18.4 Å². The van der Waals surface area contributed by atoms with Gasteiger partial charge in [-0.15, -0.1) is 0 Å². The Kier molecular flexibility index (Phi) is 5.47. The predicted molar refractivity (Wildman–Crippen MR) is 55.7 cm³/mol. The second-order valence-electron chi connectivity index (χ2n) is 4.70. The first-order valence-corrected chi connectivity index (χ1v) is 5.05. The van der Waals surface area contributed by atoms with Gasteiger partial charge in [0, 0.05) is 6.42 Å². The Morgan fingerprint density at radius 3 is 2.18 bits per heavy atom. The van der Waals surface area contributed by atoms with E-state index in [0.29, 0.717) is 0 Å². The first-order valence-electron chi connectivity index (χ1n) is 5.05. The number of carbonyl (C=O) groups excluding carboxylic acids is 1. The van der Waals surface area contributed by atoms with Gasteiger partial charge in [0.05, 0.1) is 13.0 Å². The number of rotatable bonds is 7. The molecule has 1 amide bonds. The Bertz CT molecular complexity index is 292. The minimum absolute atomic E-state index is 0.166. The zero-order valence-corrected chi connectivity index (χ0v) is 9.80. The quantitative estimate of drug-likeness (QED) is 0.620. The zero-order chi connectivity index (χ0) is 13.7. The second-order valence-corrected chi connectivity index (χ2v) is 4.70. The average molecular weight is 253 g/mol. The molecule has 3 N–H and O–H groups in total. The number of carboxylic acids is 1. The Balaban J connectivity index is 4.14. The van der Waals surface area contributed by atoms with Crippen LogP contribution in [0.15, 0.2) is 0 Å². The lowest BCUT2D eigenvalue weighted by molar-refractivity contribution is -0.139. The van der Waals surface area contributed by atoms with Crippen LogP contribution in [0.25, 0.3) is 0 Å². The van der Waals surface area contributed by atoms with Crippen molar-refractivity contribution >= 4 is 11.9 Å². The molecule has 0 saturated carbocycles. The summed E-state index contributed by atoms with van der Waals surface area (Å²) in [6.45, 7) is 0.826. The molecular weight excluding hydrogens is 236 g/mol. The molecule has 0 bridgehead atoms. The molecule has 0 aliphatic carbocycles. The molecule has 0 spiro atoms. The molecule has 0 aromatic rings. The number of alkyl halides is 2. The summed E-state index contributed by atoms with van der Waals surface area (Å²) in [6, 6.07) is 0. The van der Waals surface area contributed by atoms with Gasteiger partial charge in [-0.1, -0.05) is 13.8 Å². The van der Waals surface area contributed by atoms with Gasteiger partial charge in [0.2, 0.25) is 5.91 Å². The van der Waals surface area contributed by atoms with Crippen LogP contribution >= 0.6 is 0 Å². The average Bonchev–Trinajstić information content (AvgIpc) is 2.12. The number of aliphatic carboxylic acids is 1. The highest BCUT2D eigenvalue weighted by molar-refractivity contribution is 5.77. The molecule has 0 atom stereocenters. The van der Waals surface area contributed by atoms with Crippen LogP contribution in [0.4, 0.5) is 8.78 Å². The predicted octanol–water partition coefficient (Wildman–Crippen LogP) is 0.621. The fourth-order valence-electron chi connectivity index (χ4n) is 1.25. The van der Waals surface area contributed by atoms with Crippen molar-refractivity contribution in [1.82, 2.24) is 5.32 Å². The van der Waals surface area contributed by atoms with E-state index in [-0.39, 0.29) is 12.8 Å². The van der Waals surface area contributed by atoms with Crippen LogP contribution in [0.5, 0.6) is 0 Å². The summed E-state index contributed by atoms with van der Waals surface area (Å²) in [6.07, 6.45) is -0.391. The standard InChI is InChI=1S/C10H17F2NO4/c1-9(2,4-8(16)17)3-7(15)13-5-10(11,12)6-14/h14H,3-6H2,1-2H3,(H,13,15)(H,16,17). The van der Waals surface area contributed by atoms with Crippen LogP contribution < -0.4 is 5.32 Å². The number of amides is 1. The third kappa shape index (κ3) is 7.62. The van der Waals surface area contributed by atoms with Crippen molar-refractivity contribution in [3.8, 4) is 0 Å². The highest BCUT2D eigenvalue weighted by atomic mass is 19.3. The van der Waals surface area contributed by atoms with Crippen molar-refractivity contribution in [2.75, 3.05) is 13.2 Å². The van der Waals surface area contributed by atoms with Gasteiger partial charge in [0.15, 0.2) is 0 Å². The Morgan fingerprint density at radius 2 is 1.76 bits per heavy atom. The van der Waals surface area contributed by atoms with Crippen molar-refractivity contribution in [3.05, 3.63) is 0 Å². The Hall–Kier alpha value is -1.24. The molecule has 0 aliphatic rings. The molecule has 0 rings (SSSR count). The first kappa shape index (κ1) is 15.8. The molecule has 0 unspecified atom stereocenters. The van der Waals surface area contributed by atoms with Crippen LogP contribution in [-0.4, -0.2) is 41.2 Å². The zero-order valence-electron chi connectivity index (χ0n) is 9.80. The lowest BCUT2D eigenvalue weighted by Gasteiger charge is -2.22. The molecule has 17 heavy (non-hydrogen) atoms. The maximum Gasteiger partial charge on any atom is 0.303 e. The molecule has 0 saturated heterocycles. The van der Waals surface area contributed by atoms with E-state index in [1.165, 1.54) is 0 Å². The topological polar surface area (TPSA) is 86.6 Å². The summed E-state index contributed by atoms with van der Waals surface area (Å²) < 4.78 is 25.2. The largest absolute Gasteiger partial charge is 0.481 e. The van der Waals surface area contributed by atoms with Crippen molar-refractivity contribution in [2.45, 2.75) is 32.6 Å². The molecule has 5 nitrogen and oxygen atoms in total. The normalized spacial score (nSPS) is 12.3. The van der Waals surface area contributed by atoms with Gasteiger partial charge in [-0.05, 0) is 5.41 Å². The molecule has 7 heteroatoms. The minimum atomic E-state index is -3.35. The van der Waals surface area contributed by atoms with Crippen LogP contribution in [0.1, 0.15) is 26.7 Å². The van der Waals surface area contributed by atoms with Crippen LogP contribution in [0.3, 0.4) is 0 Å². The first-order chi connectivity index (χ1) is 7.58. The SMILES string of the molecule is CC(C)(CC(=O)O)CC(=O)NCC(F)(F)CO. The third-order valence-electron chi connectivity index (χ3n) is 2.04. The smallest absolute Gasteiger partial charge is 0.303 e. The summed E-state index contributed by atoms with van der Waals surface area (Å²) in [5.74, 6) is -5.07. The third-order valence-corrected chi connectivity index (χ3v) is 2.04. The molecule has 0 heterocycles. The van der Waals surface area contributed by atoms with Gasteiger partial charge in [-0.3, -0.25) is 9.59 Å². The number of hydrogen-bond donors (Lipinski definition) is 3. The lowest BCUT2D eigenvalue weighted by atomic mass is 9.85. The number of aliphatic hydroxyl groups is 1. The maximum atomic E-state index is 12.6. The maximum absolute atomic E-state index is 12.6. The number of halogens is 2. The molecule has 0 aromatic heterocycles. The van der Waals surface area contributed by atoms with Crippen molar-refractivity contribution in [2.24, 2.45) is 5.41 Å². The van der Waals surface area contributed by atoms with Crippen LogP contribution in [0, 0.1) is 5.41 Å². The molecular formula is C10H17F2NO4. The fourth-order valence-corrected chi connectivity index (χ4v) is 1.25. The molecule has 0 aliphatic heterocycles. The van der Waals surface area contributed by atoms with Crippen molar-refractivity contribution in [1.29, 1.82) is 0 Å². The van der Waals surface area contributed by atoms with E-state index in [1.54, 1.807) is 13.8 Å². The molecule has 0 aromatic carbocycles. The summed E-state index contributed by atoms with van der Waals surface area (Å²) in [7, 11) is 0. The monoisotopic (exact) mass is 253 g/mol. The summed E-state index contributed by atoms with van der Waals surface area (Å²) in [4.78, 5) is 21.8. The number of carboxylic acid groups (broad SMARTS) is 1. The van der Waals surface area contributed by atoms with Gasteiger partial charge in [0.25, 0.3) is 5.92 Å². The van der Waals surface area contributed by atoms with E-state index >= 15 is 0 Å². The molecule has 100 valence electrons. The minimum Gasteiger partial charge on any atom is -0.481 e. The lowest BCUT2D eigenvalue weighted by Crippen LogP contribution is -2.40. The molecule has 0 fully saturated rings. The van der Waals surface area contributed by atoms with Crippen LogP contribution in [-0.2, 0) is 9.59 Å². The second kappa shape index (κ2) is 5.90. The van der Waals surface area contributed by atoms with Gasteiger partial charge in [0.1, 0.15) is 6.61 Å². The summed E-state index contributed by atoms with van der Waals surface area (Å²) in [5.41, 5.74) is -0.801. The van der Waals surface area contributed by atoms with Crippen LogP contribution in [0.2, 0.25) is 0 Å². The van der Waals surface area contributed by atoms with Gasteiger partial charge < -0.3 is 15.5 Å². The number of aliphatic hydroxyl groups excluding tert-OH is 1. The van der Waals surface area contributed by atoms with Crippen molar-refractivity contribution < 1.29 is 28.6 Å². The fraction of sp³-hybridized carbons (Fsp3) is 0.800. The van der Waals surface area contributed by atoms with Gasteiger partial charge >= 0.3 is 5.97 Å². The number of hydrogen-bond acceptors (Lipinski definition) is 3. The van der Waals surface area contributed by atoms with E-state index < -0.39 is 36.4 Å². The highest BCUT2D eigenvalue weighted by Crippen LogP contribution is 2.24. The molecule has 0 radical (unpaired) electrons. The van der Waals surface area contributed by atoms with E-state index in [1.807, 2.05) is 5.32 Å². The highest BCUT2D eigenvalue weighted by Gasteiger charge is 2.30. The summed E-state index contributed by atoms with van der Waals surface area (Å²) >= 11 is 0. The number of nitrogens with one attached hydrogen (secondary N) is 1. The van der Waals surface area contributed by atoms with E-state index in [0.717, 1.165) is 0 Å². The van der Waals surface area contributed by atoms with E-state index in [2.05, 4.69) is 0 Å². The van der Waals surface area contributed by atoms with Crippen molar-refractivity contribution in [3.63, 3.8) is 0 Å². The van der Waals surface area contributed by atoms with Gasteiger partial charge in [-0.2, -0.15) is 0 Å². The Labute approximate surface area is 97.8 Å². The summed E-state index contributed by atoms with van der Waals surface area (Å²) in [5, 5.41) is 18.8. The number of carbonyl (C=O) groups is 2. The Morgan fingerprint density at radius 1 is 1.24 bits per heavy atom. The van der Waals surface area contributed by atoms with Gasteiger partial charge in [-0.25, -0.2) is 8.78 Å².